The predicted octanol–water partition coefficient (Wildman–Crippen LogP) is -1.06. The Balaban J connectivity index is 0.00000144. The monoisotopic (exact) mass is 310 g/mol. The van der Waals surface area contributed by atoms with Gasteiger partial charge < -0.3 is 23.3 Å². The van der Waals surface area contributed by atoms with Crippen LogP contribution in [0.25, 0.3) is 5.53 Å². The maximum atomic E-state index is 8.55. The van der Waals surface area contributed by atoms with Crippen LogP contribution in [0.2, 0.25) is 0 Å². The van der Waals surface area contributed by atoms with E-state index in [0.717, 1.165) is 6.54 Å². The van der Waals surface area contributed by atoms with Crippen molar-refractivity contribution in [1.29, 1.82) is 0 Å². The van der Waals surface area contributed by atoms with E-state index in [-0.39, 0.29) is 37.9 Å². The maximum Gasteiger partial charge on any atom is 2.00 e. The van der Waals surface area contributed by atoms with Crippen molar-refractivity contribution < 1.29 is 36.7 Å². The number of nitrogens with zero attached hydrogens (tertiary/aromatic N) is 2. The molecule has 1 aromatic carbocycles. The van der Waals surface area contributed by atoms with Crippen LogP contribution < -0.4 is 17.7 Å². The van der Waals surface area contributed by atoms with Gasteiger partial charge in [0.25, 0.3) is 0 Å². The topological polar surface area (TPSA) is 48.4 Å². The second-order valence-electron chi connectivity index (χ2n) is 3.64. The van der Waals surface area contributed by atoms with E-state index in [9.17, 15) is 0 Å². The second-order valence-corrected chi connectivity index (χ2v) is 3.64. The van der Waals surface area contributed by atoms with Gasteiger partial charge in [-0.1, -0.05) is 42.5 Å². The average molecular weight is 312 g/mol. The molecule has 0 aromatic heterocycles. The molecule has 0 saturated heterocycles. The first kappa shape index (κ1) is 17.0. The van der Waals surface area contributed by atoms with Crippen molar-refractivity contribution in [3.05, 3.63) is 65.7 Å². The maximum absolute atomic E-state index is 8.55. The molecule has 0 amide bonds. The normalized spacial score (nSPS) is 16.4. The molecule has 2 rings (SSSR count). The standard InChI is InChI=1S/C13H13N3.ClH.Zn/c14-16-13-8-6-12(7-9-13)15-10-11-4-2-1-3-5-11;;/h1-9,12,15H,10H2;1H;/q;;+2/p-1. The first-order valence-electron chi connectivity index (χ1n) is 5.24. The summed E-state index contributed by atoms with van der Waals surface area (Å²) in [4.78, 5) is 3.12. The molecule has 0 saturated carbocycles. The minimum Gasteiger partial charge on any atom is -1.00 e. The van der Waals surface area contributed by atoms with Gasteiger partial charge in [-0.3, -0.25) is 0 Å². The van der Waals surface area contributed by atoms with Gasteiger partial charge in [0.15, 0.2) is 0 Å². The van der Waals surface area contributed by atoms with E-state index in [4.69, 9.17) is 5.53 Å². The zero-order valence-corrected chi connectivity index (χ0v) is 13.7. The van der Waals surface area contributed by atoms with Crippen LogP contribution >= 0.6 is 0 Å². The fourth-order valence-electron chi connectivity index (χ4n) is 1.56. The first-order chi connectivity index (χ1) is 7.88. The zero-order valence-electron chi connectivity index (χ0n) is 9.96. The quantitative estimate of drug-likeness (QED) is 0.432. The van der Waals surface area contributed by atoms with Crippen LogP contribution in [-0.2, 0) is 26.0 Å². The van der Waals surface area contributed by atoms with Crippen LogP contribution in [-0.4, -0.2) is 16.5 Å². The number of halogens is 1. The van der Waals surface area contributed by atoms with Gasteiger partial charge in [-0.05, 0) is 5.56 Å². The van der Waals surface area contributed by atoms with Crippen molar-refractivity contribution in [3.63, 3.8) is 0 Å². The number of nitrogens with one attached hydrogen (secondary N) is 1. The smallest absolute Gasteiger partial charge is 1.00 e. The Bertz CT molecular complexity index is 448. The van der Waals surface area contributed by atoms with E-state index in [0.29, 0.717) is 5.71 Å². The molecule has 0 unspecified atom stereocenters. The molecule has 1 aliphatic carbocycles. The summed E-state index contributed by atoms with van der Waals surface area (Å²) in [6, 6.07) is 10.4. The number of benzene rings is 1. The third kappa shape index (κ3) is 5.07. The van der Waals surface area contributed by atoms with Crippen LogP contribution in [0.5, 0.6) is 0 Å². The van der Waals surface area contributed by atoms with Gasteiger partial charge in [0, 0.05) is 24.7 Å². The van der Waals surface area contributed by atoms with Gasteiger partial charge in [0.05, 0.1) is 0 Å². The van der Waals surface area contributed by atoms with Crippen LogP contribution in [0.3, 0.4) is 0 Å². The molecule has 88 valence electrons. The van der Waals surface area contributed by atoms with E-state index in [1.807, 2.05) is 30.4 Å². The Kier molecular flexibility index (Phi) is 8.44. The SMILES string of the molecule is [Cl-].[N-]=[N+]=C1C=CC(NCc2ccccc2)C=C1.[Zn+2]. The largest absolute Gasteiger partial charge is 2.00 e. The number of rotatable bonds is 3. The van der Waals surface area contributed by atoms with E-state index >= 15 is 0 Å². The summed E-state index contributed by atoms with van der Waals surface area (Å²) >= 11 is 0. The van der Waals surface area contributed by atoms with Gasteiger partial charge in [-0.2, -0.15) is 4.79 Å². The molecule has 0 fully saturated rings. The number of allylic oxidation sites excluding steroid dienone is 2. The molecule has 3 nitrogen and oxygen atoms in total. The van der Waals surface area contributed by atoms with Crippen molar-refractivity contribution in [1.82, 2.24) is 5.32 Å². The fraction of sp³-hybridized carbons (Fsp3) is 0.154. The van der Waals surface area contributed by atoms with Crippen LogP contribution in [0.15, 0.2) is 54.6 Å². The van der Waals surface area contributed by atoms with Gasteiger partial charge in [-0.15, -0.1) is 0 Å². The van der Waals surface area contributed by atoms with Crippen LogP contribution in [0.4, 0.5) is 0 Å². The molecule has 18 heavy (non-hydrogen) atoms. The average Bonchev–Trinajstić information content (AvgIpc) is 2.38. The molecule has 0 atom stereocenters. The van der Waals surface area contributed by atoms with Crippen molar-refractivity contribution in [2.24, 2.45) is 0 Å². The van der Waals surface area contributed by atoms with E-state index in [1.54, 1.807) is 12.2 Å². The second kappa shape index (κ2) is 8.96. The molecule has 0 bridgehead atoms. The Morgan fingerprint density at radius 2 is 1.72 bits per heavy atom. The third-order valence-electron chi connectivity index (χ3n) is 2.45. The van der Waals surface area contributed by atoms with Gasteiger partial charge >= 0.3 is 25.2 Å². The minimum absolute atomic E-state index is 0. The van der Waals surface area contributed by atoms with Gasteiger partial charge in [0.2, 0.25) is 0 Å². The number of hydrogen-bond donors (Lipinski definition) is 1. The van der Waals surface area contributed by atoms with E-state index in [1.165, 1.54) is 5.56 Å². The Hall–Kier alpha value is -1.05. The molecule has 0 radical (unpaired) electrons. The zero-order chi connectivity index (χ0) is 11.2. The third-order valence-corrected chi connectivity index (χ3v) is 2.45. The van der Waals surface area contributed by atoms with Gasteiger partial charge in [0.1, 0.15) is 0 Å². The van der Waals surface area contributed by atoms with Crippen molar-refractivity contribution in [2.45, 2.75) is 12.6 Å². The van der Waals surface area contributed by atoms with Crippen LogP contribution in [0, 0.1) is 0 Å². The molecule has 0 heterocycles. The summed E-state index contributed by atoms with van der Waals surface area (Å²) in [5.41, 5.74) is 10.4. The summed E-state index contributed by atoms with van der Waals surface area (Å²) < 4.78 is 0. The Morgan fingerprint density at radius 1 is 1.11 bits per heavy atom. The molecular weight excluding hydrogens is 299 g/mol. The minimum atomic E-state index is 0. The molecular formula is C13H13ClN3Zn+. The summed E-state index contributed by atoms with van der Waals surface area (Å²) in [6.45, 7) is 0.825. The molecule has 1 N–H and O–H groups in total. The van der Waals surface area contributed by atoms with Gasteiger partial charge in [-0.25, -0.2) is 0 Å². The molecule has 0 aliphatic heterocycles. The van der Waals surface area contributed by atoms with E-state index in [2.05, 4.69) is 22.2 Å². The van der Waals surface area contributed by atoms with Crippen LogP contribution in [0.1, 0.15) is 5.56 Å². The molecule has 1 aliphatic rings. The van der Waals surface area contributed by atoms with Crippen molar-refractivity contribution in [2.75, 3.05) is 0 Å². The van der Waals surface area contributed by atoms with Crippen molar-refractivity contribution in [3.8, 4) is 0 Å². The number of hydrogen-bond acceptors (Lipinski definition) is 1. The summed E-state index contributed by atoms with van der Waals surface area (Å²) in [7, 11) is 0. The summed E-state index contributed by atoms with van der Waals surface area (Å²) in [5, 5.41) is 3.37. The molecule has 5 heteroatoms. The summed E-state index contributed by atoms with van der Waals surface area (Å²) in [6.07, 6.45) is 7.53. The molecule has 0 spiro atoms. The molecule has 1 aromatic rings. The fourth-order valence-corrected chi connectivity index (χ4v) is 1.56. The summed E-state index contributed by atoms with van der Waals surface area (Å²) in [5.74, 6) is 0. The first-order valence-corrected chi connectivity index (χ1v) is 5.24. The predicted molar refractivity (Wildman–Crippen MR) is 64.0 cm³/mol. The van der Waals surface area contributed by atoms with Crippen molar-refractivity contribution >= 4 is 5.71 Å². The van der Waals surface area contributed by atoms with E-state index < -0.39 is 0 Å². The Labute approximate surface area is 126 Å². The Morgan fingerprint density at radius 3 is 2.28 bits per heavy atom.